The number of hydrogen-bond donors (Lipinski definition) is 2. The molecule has 3 heterocycles. The van der Waals surface area contributed by atoms with E-state index in [1.54, 1.807) is 0 Å². The number of pyridine rings is 1. The average molecular weight is 372 g/mol. The molecule has 9 heteroatoms. The lowest BCUT2D eigenvalue weighted by molar-refractivity contribution is 0.0695. The Morgan fingerprint density at radius 2 is 2.19 bits per heavy atom. The molecule has 0 bridgehead atoms. The van der Waals surface area contributed by atoms with Crippen molar-refractivity contribution in [3.05, 3.63) is 52.3 Å². The Morgan fingerprint density at radius 3 is 2.78 bits per heavy atom. The van der Waals surface area contributed by atoms with Crippen molar-refractivity contribution in [3.63, 3.8) is 0 Å². The van der Waals surface area contributed by atoms with Gasteiger partial charge in [-0.3, -0.25) is 9.36 Å². The molecule has 140 valence electrons. The number of nitrogens with two attached hydrogens (primary N) is 1. The molecule has 8 nitrogen and oxygen atoms in total. The predicted molar refractivity (Wildman–Crippen MR) is 95.9 cm³/mol. The van der Waals surface area contributed by atoms with Gasteiger partial charge in [0.25, 0.3) is 0 Å². The van der Waals surface area contributed by atoms with Crippen LogP contribution in [0.3, 0.4) is 0 Å². The Labute approximate surface area is 152 Å². The number of nitrogens with zero attached hydrogens (tertiary/aromatic N) is 3. The molecule has 0 aliphatic carbocycles. The van der Waals surface area contributed by atoms with Gasteiger partial charge < -0.3 is 20.3 Å². The maximum absolute atomic E-state index is 14.8. The maximum atomic E-state index is 14.8. The quantitative estimate of drug-likeness (QED) is 0.717. The van der Waals surface area contributed by atoms with Crippen molar-refractivity contribution < 1.29 is 18.8 Å². The number of benzene rings is 1. The second kappa shape index (κ2) is 6.20. The van der Waals surface area contributed by atoms with Gasteiger partial charge in [0, 0.05) is 31.4 Å². The van der Waals surface area contributed by atoms with Crippen molar-refractivity contribution in [3.8, 4) is 5.82 Å². The van der Waals surface area contributed by atoms with Crippen molar-refractivity contribution >= 4 is 22.6 Å². The largest absolute Gasteiger partial charge is 0.477 e. The van der Waals surface area contributed by atoms with Crippen molar-refractivity contribution in [2.24, 2.45) is 11.7 Å². The summed E-state index contributed by atoms with van der Waals surface area (Å²) >= 11 is 0. The molecule has 1 fully saturated rings. The molecule has 3 aromatic rings. The molecule has 2 atom stereocenters. The first-order valence-electron chi connectivity index (χ1n) is 8.40. The average Bonchev–Trinajstić information content (AvgIpc) is 3.25. The number of carboxylic acids is 1. The third-order valence-corrected chi connectivity index (χ3v) is 4.98. The number of carbonyl (C=O) groups is 1. The highest BCUT2D eigenvalue weighted by atomic mass is 19.1. The lowest BCUT2D eigenvalue weighted by Gasteiger charge is -2.20. The lowest BCUT2D eigenvalue weighted by Crippen LogP contribution is -2.28. The molecule has 1 aliphatic rings. The van der Waals surface area contributed by atoms with Crippen LogP contribution < -0.4 is 16.1 Å². The number of hydrogen-bond acceptors (Lipinski definition) is 6. The minimum absolute atomic E-state index is 0.0457. The minimum atomic E-state index is -1.40. The molecule has 0 amide bonds. The summed E-state index contributed by atoms with van der Waals surface area (Å²) in [6, 6.07) is 4.04. The second-order valence-corrected chi connectivity index (χ2v) is 6.77. The highest BCUT2D eigenvalue weighted by Gasteiger charge is 2.29. The topological polar surface area (TPSA) is 115 Å². The number of anilines is 1. The highest BCUT2D eigenvalue weighted by molar-refractivity contribution is 5.94. The van der Waals surface area contributed by atoms with Crippen LogP contribution in [-0.4, -0.2) is 39.9 Å². The van der Waals surface area contributed by atoms with E-state index in [-0.39, 0.29) is 23.2 Å². The van der Waals surface area contributed by atoms with Crippen molar-refractivity contribution in [2.75, 3.05) is 18.0 Å². The summed E-state index contributed by atoms with van der Waals surface area (Å²) in [5, 5.41) is 13.1. The van der Waals surface area contributed by atoms with Crippen molar-refractivity contribution in [1.29, 1.82) is 0 Å². The zero-order chi connectivity index (χ0) is 19.3. The maximum Gasteiger partial charge on any atom is 0.341 e. The van der Waals surface area contributed by atoms with E-state index in [0.29, 0.717) is 24.3 Å². The molecule has 1 saturated heterocycles. The molecular weight excluding hydrogens is 355 g/mol. The van der Waals surface area contributed by atoms with E-state index >= 15 is 0 Å². The Balaban J connectivity index is 2.00. The van der Waals surface area contributed by atoms with Gasteiger partial charge in [-0.05, 0) is 18.1 Å². The van der Waals surface area contributed by atoms with E-state index in [9.17, 15) is 19.1 Å². The predicted octanol–water partition coefficient (Wildman–Crippen LogP) is 1.60. The van der Waals surface area contributed by atoms with Gasteiger partial charge in [-0.15, -0.1) is 0 Å². The van der Waals surface area contributed by atoms with Gasteiger partial charge in [0.05, 0.1) is 16.6 Å². The molecule has 2 aromatic heterocycles. The van der Waals surface area contributed by atoms with Crippen LogP contribution in [0.2, 0.25) is 0 Å². The van der Waals surface area contributed by atoms with Crippen LogP contribution in [0.15, 0.2) is 40.0 Å². The monoisotopic (exact) mass is 372 g/mol. The van der Waals surface area contributed by atoms with Gasteiger partial charge in [0.15, 0.2) is 5.82 Å². The Kier molecular flexibility index (Phi) is 3.96. The first-order chi connectivity index (χ1) is 12.9. The molecule has 0 radical (unpaired) electrons. The highest BCUT2D eigenvalue weighted by Crippen LogP contribution is 2.30. The zero-order valence-electron chi connectivity index (χ0n) is 14.4. The van der Waals surface area contributed by atoms with Crippen LogP contribution in [0, 0.1) is 11.7 Å². The fraction of sp³-hybridized carbons (Fsp3) is 0.278. The Bertz CT molecular complexity index is 1080. The van der Waals surface area contributed by atoms with Crippen LogP contribution in [0.5, 0.6) is 0 Å². The summed E-state index contributed by atoms with van der Waals surface area (Å²) in [5.41, 5.74) is 5.46. The molecule has 4 rings (SSSR count). The van der Waals surface area contributed by atoms with Crippen molar-refractivity contribution in [1.82, 2.24) is 9.72 Å². The number of carboxylic acid groups (broad SMARTS) is 1. The van der Waals surface area contributed by atoms with Crippen LogP contribution in [-0.2, 0) is 0 Å². The molecule has 3 N–H and O–H groups in total. The van der Waals surface area contributed by atoms with Crippen LogP contribution in [0.4, 0.5) is 10.1 Å². The SMILES string of the molecule is C[C@H]1CN(c2cc3c(cc2F)c(=O)c(C(=O)O)cn3-c2ccon2)C[C@@H]1N. The van der Waals surface area contributed by atoms with E-state index < -0.39 is 22.8 Å². The normalized spacial score (nSPS) is 19.7. The summed E-state index contributed by atoms with van der Waals surface area (Å²) < 4.78 is 21.0. The standard InChI is InChI=1S/C18H17FN4O4/c1-9-6-22(8-13(9)20)15-5-14-10(4-12(15)19)17(24)11(18(25)26)7-23(14)16-2-3-27-21-16/h2-5,7,9,13H,6,8,20H2,1H3,(H,25,26)/t9-,13-/m0/s1. The van der Waals surface area contributed by atoms with E-state index in [0.717, 1.165) is 6.07 Å². The van der Waals surface area contributed by atoms with Crippen LogP contribution >= 0.6 is 0 Å². The molecule has 0 unspecified atom stereocenters. The van der Waals surface area contributed by atoms with E-state index in [1.807, 2.05) is 11.8 Å². The third kappa shape index (κ3) is 2.76. The number of aromatic carboxylic acids is 1. The lowest BCUT2D eigenvalue weighted by atomic mass is 10.1. The van der Waals surface area contributed by atoms with E-state index in [2.05, 4.69) is 5.16 Å². The van der Waals surface area contributed by atoms with Gasteiger partial charge in [-0.2, -0.15) is 0 Å². The fourth-order valence-electron chi connectivity index (χ4n) is 3.44. The van der Waals surface area contributed by atoms with Gasteiger partial charge in [0.2, 0.25) is 5.43 Å². The number of fused-ring (bicyclic) bond motifs is 1. The van der Waals surface area contributed by atoms with Crippen LogP contribution in [0.1, 0.15) is 17.3 Å². The summed E-state index contributed by atoms with van der Waals surface area (Å²) in [5.74, 6) is -1.52. The first kappa shape index (κ1) is 17.2. The van der Waals surface area contributed by atoms with Gasteiger partial charge >= 0.3 is 5.97 Å². The van der Waals surface area contributed by atoms with Gasteiger partial charge in [0.1, 0.15) is 17.6 Å². The van der Waals surface area contributed by atoms with E-state index in [1.165, 1.54) is 29.2 Å². The smallest absolute Gasteiger partial charge is 0.341 e. The van der Waals surface area contributed by atoms with Gasteiger partial charge in [-0.25, -0.2) is 9.18 Å². The molecular formula is C18H17FN4O4. The number of rotatable bonds is 3. The molecule has 1 aliphatic heterocycles. The van der Waals surface area contributed by atoms with Crippen LogP contribution in [0.25, 0.3) is 16.7 Å². The molecule has 0 spiro atoms. The number of halogens is 1. The second-order valence-electron chi connectivity index (χ2n) is 6.77. The number of aromatic nitrogens is 2. The minimum Gasteiger partial charge on any atom is -0.477 e. The summed E-state index contributed by atoms with van der Waals surface area (Å²) in [7, 11) is 0. The van der Waals surface area contributed by atoms with Crippen molar-refractivity contribution in [2.45, 2.75) is 13.0 Å². The Morgan fingerprint density at radius 1 is 1.41 bits per heavy atom. The zero-order valence-corrected chi connectivity index (χ0v) is 14.4. The molecule has 27 heavy (non-hydrogen) atoms. The Hall–Kier alpha value is -3.20. The molecule has 1 aromatic carbocycles. The fourth-order valence-corrected chi connectivity index (χ4v) is 3.44. The summed E-state index contributed by atoms with van der Waals surface area (Å²) in [6.07, 6.45) is 2.50. The first-order valence-corrected chi connectivity index (χ1v) is 8.40. The summed E-state index contributed by atoms with van der Waals surface area (Å²) in [6.45, 7) is 3.07. The van der Waals surface area contributed by atoms with Gasteiger partial charge in [-0.1, -0.05) is 12.1 Å². The summed E-state index contributed by atoms with van der Waals surface area (Å²) in [4.78, 5) is 25.8. The van der Waals surface area contributed by atoms with E-state index in [4.69, 9.17) is 10.3 Å². The molecule has 0 saturated carbocycles. The third-order valence-electron chi connectivity index (χ3n) is 4.98.